The summed E-state index contributed by atoms with van der Waals surface area (Å²) in [6.07, 6.45) is 1.87. The lowest BCUT2D eigenvalue weighted by Crippen LogP contribution is -2.00. The predicted octanol–water partition coefficient (Wildman–Crippen LogP) is 5.60. The third-order valence-electron chi connectivity index (χ3n) is 5.26. The van der Waals surface area contributed by atoms with Crippen LogP contribution in [0.5, 0.6) is 0 Å². The Morgan fingerprint density at radius 1 is 0.862 bits per heavy atom. The number of imidazole rings is 1. The number of aromatic carboxylic acids is 1. The maximum absolute atomic E-state index is 11.5. The molecule has 0 aliphatic rings. The zero-order valence-electron chi connectivity index (χ0n) is 15.6. The first kappa shape index (κ1) is 17.2. The average molecular weight is 378 g/mol. The summed E-state index contributed by atoms with van der Waals surface area (Å²) in [5.41, 5.74) is 5.15. The van der Waals surface area contributed by atoms with E-state index in [4.69, 9.17) is 0 Å². The van der Waals surface area contributed by atoms with Gasteiger partial charge in [0.2, 0.25) is 0 Å². The Hall–Kier alpha value is -3.92. The summed E-state index contributed by atoms with van der Waals surface area (Å²) in [7, 11) is 0. The fourth-order valence-corrected chi connectivity index (χ4v) is 3.78. The average Bonchev–Trinajstić information content (AvgIpc) is 3.14. The third kappa shape index (κ3) is 3.15. The van der Waals surface area contributed by atoms with Crippen molar-refractivity contribution in [3.63, 3.8) is 0 Å². The first-order valence-electron chi connectivity index (χ1n) is 9.44. The molecule has 4 nitrogen and oxygen atoms in total. The Bertz CT molecular complexity index is 1350. The van der Waals surface area contributed by atoms with E-state index in [1.807, 2.05) is 54.9 Å². The van der Waals surface area contributed by atoms with Gasteiger partial charge in [0.1, 0.15) is 0 Å². The minimum absolute atomic E-state index is 0.313. The van der Waals surface area contributed by atoms with Crippen molar-refractivity contribution in [1.29, 1.82) is 0 Å². The summed E-state index contributed by atoms with van der Waals surface area (Å²) in [4.78, 5) is 16.0. The number of carboxylic acid groups (broad SMARTS) is 1. The van der Waals surface area contributed by atoms with E-state index in [9.17, 15) is 9.90 Å². The zero-order chi connectivity index (χ0) is 19.8. The molecule has 1 heterocycles. The van der Waals surface area contributed by atoms with Crippen LogP contribution in [0.2, 0.25) is 0 Å². The standard InChI is InChI=1S/C25H18N2O2/c28-25(29)22-8-4-3-7-21(22)18-11-9-17(10-12-18)15-27-16-26-23-13-19-5-1-2-6-20(19)14-24(23)27/h1-14,16H,15H2,(H,28,29). The molecule has 140 valence electrons. The maximum atomic E-state index is 11.5. The van der Waals surface area contributed by atoms with Crippen molar-refractivity contribution in [3.8, 4) is 11.1 Å². The zero-order valence-corrected chi connectivity index (χ0v) is 15.6. The van der Waals surface area contributed by atoms with Crippen LogP contribution in [0.1, 0.15) is 15.9 Å². The van der Waals surface area contributed by atoms with Gasteiger partial charge in [0.15, 0.2) is 0 Å². The van der Waals surface area contributed by atoms with Gasteiger partial charge >= 0.3 is 5.97 Å². The van der Waals surface area contributed by atoms with Crippen LogP contribution < -0.4 is 0 Å². The van der Waals surface area contributed by atoms with Crippen LogP contribution in [0.25, 0.3) is 32.9 Å². The van der Waals surface area contributed by atoms with Crippen molar-refractivity contribution in [2.75, 3.05) is 0 Å². The minimum atomic E-state index is -0.915. The Morgan fingerprint density at radius 3 is 2.31 bits per heavy atom. The van der Waals surface area contributed by atoms with Crippen LogP contribution >= 0.6 is 0 Å². The third-order valence-corrected chi connectivity index (χ3v) is 5.26. The number of hydrogen-bond donors (Lipinski definition) is 1. The monoisotopic (exact) mass is 378 g/mol. The van der Waals surface area contributed by atoms with E-state index in [1.165, 1.54) is 10.8 Å². The quantitative estimate of drug-likeness (QED) is 0.443. The lowest BCUT2D eigenvalue weighted by molar-refractivity contribution is 0.0697. The van der Waals surface area contributed by atoms with Gasteiger partial charge in [0, 0.05) is 6.54 Å². The summed E-state index contributed by atoms with van der Waals surface area (Å²) in [6.45, 7) is 0.704. The van der Waals surface area contributed by atoms with Gasteiger partial charge in [-0.3, -0.25) is 0 Å². The fraction of sp³-hybridized carbons (Fsp3) is 0.0400. The highest BCUT2D eigenvalue weighted by molar-refractivity contribution is 5.96. The Kier molecular flexibility index (Phi) is 4.10. The molecule has 0 amide bonds. The SMILES string of the molecule is O=C(O)c1ccccc1-c1ccc(Cn2cnc3cc4ccccc4cc32)cc1. The second kappa shape index (κ2) is 6.91. The molecule has 4 aromatic carbocycles. The number of hydrogen-bond acceptors (Lipinski definition) is 2. The van der Waals surface area contributed by atoms with E-state index >= 15 is 0 Å². The van der Waals surface area contributed by atoms with Crippen molar-refractivity contribution in [1.82, 2.24) is 9.55 Å². The first-order chi connectivity index (χ1) is 14.2. The highest BCUT2D eigenvalue weighted by atomic mass is 16.4. The Balaban J connectivity index is 1.47. The maximum Gasteiger partial charge on any atom is 0.336 e. The summed E-state index contributed by atoms with van der Waals surface area (Å²) < 4.78 is 2.14. The molecular formula is C25H18N2O2. The lowest BCUT2D eigenvalue weighted by atomic mass is 9.99. The van der Waals surface area contributed by atoms with Crippen LogP contribution in [0.3, 0.4) is 0 Å². The van der Waals surface area contributed by atoms with E-state index in [0.29, 0.717) is 12.1 Å². The highest BCUT2D eigenvalue weighted by Crippen LogP contribution is 2.26. The molecular weight excluding hydrogens is 360 g/mol. The van der Waals surface area contributed by atoms with Gasteiger partial charge in [0.05, 0.1) is 22.9 Å². The minimum Gasteiger partial charge on any atom is -0.478 e. The van der Waals surface area contributed by atoms with Crippen LogP contribution in [-0.2, 0) is 6.54 Å². The molecule has 0 unspecified atom stereocenters. The van der Waals surface area contributed by atoms with Gasteiger partial charge in [-0.1, -0.05) is 66.7 Å². The number of aromatic nitrogens is 2. The van der Waals surface area contributed by atoms with Crippen LogP contribution in [-0.4, -0.2) is 20.6 Å². The van der Waals surface area contributed by atoms with E-state index in [0.717, 1.165) is 27.7 Å². The number of carbonyl (C=O) groups is 1. The summed E-state index contributed by atoms with van der Waals surface area (Å²) in [6, 6.07) is 27.7. The highest BCUT2D eigenvalue weighted by Gasteiger charge is 2.11. The Morgan fingerprint density at radius 2 is 1.55 bits per heavy atom. The molecule has 0 radical (unpaired) electrons. The molecule has 0 atom stereocenters. The van der Waals surface area contributed by atoms with Crippen molar-refractivity contribution in [3.05, 3.63) is 102 Å². The number of benzene rings is 4. The molecule has 0 spiro atoms. The molecule has 1 N–H and O–H groups in total. The molecule has 5 aromatic rings. The van der Waals surface area contributed by atoms with E-state index < -0.39 is 5.97 Å². The van der Waals surface area contributed by atoms with Crippen LogP contribution in [0, 0.1) is 0 Å². The predicted molar refractivity (Wildman–Crippen MR) is 115 cm³/mol. The summed E-state index contributed by atoms with van der Waals surface area (Å²) >= 11 is 0. The van der Waals surface area contributed by atoms with E-state index in [-0.39, 0.29) is 0 Å². The van der Waals surface area contributed by atoms with Crippen LogP contribution in [0.15, 0.2) is 91.3 Å². The molecule has 4 heteroatoms. The lowest BCUT2D eigenvalue weighted by Gasteiger charge is -2.09. The smallest absolute Gasteiger partial charge is 0.336 e. The van der Waals surface area contributed by atoms with Crippen molar-refractivity contribution in [2.45, 2.75) is 6.54 Å². The van der Waals surface area contributed by atoms with E-state index in [1.54, 1.807) is 12.1 Å². The molecule has 5 rings (SSSR count). The number of nitrogens with zero attached hydrogens (tertiary/aromatic N) is 2. The first-order valence-corrected chi connectivity index (χ1v) is 9.44. The molecule has 1 aromatic heterocycles. The van der Waals surface area contributed by atoms with Crippen molar-refractivity contribution >= 4 is 27.8 Å². The van der Waals surface area contributed by atoms with Gasteiger partial charge in [-0.15, -0.1) is 0 Å². The van der Waals surface area contributed by atoms with Gasteiger partial charge in [0.25, 0.3) is 0 Å². The van der Waals surface area contributed by atoms with E-state index in [2.05, 4.69) is 33.8 Å². The molecule has 0 saturated carbocycles. The van der Waals surface area contributed by atoms with Crippen molar-refractivity contribution < 1.29 is 9.90 Å². The van der Waals surface area contributed by atoms with Crippen LogP contribution in [0.4, 0.5) is 0 Å². The molecule has 0 aliphatic heterocycles. The number of carboxylic acids is 1. The molecule has 0 aliphatic carbocycles. The summed E-state index contributed by atoms with van der Waals surface area (Å²) in [5, 5.41) is 11.8. The van der Waals surface area contributed by atoms with Crippen molar-refractivity contribution in [2.24, 2.45) is 0 Å². The topological polar surface area (TPSA) is 55.1 Å². The normalized spacial score (nSPS) is 11.2. The van der Waals surface area contributed by atoms with Gasteiger partial charge in [-0.05, 0) is 45.7 Å². The Labute approximate surface area is 167 Å². The number of fused-ring (bicyclic) bond motifs is 2. The fourth-order valence-electron chi connectivity index (χ4n) is 3.78. The summed E-state index contributed by atoms with van der Waals surface area (Å²) in [5.74, 6) is -0.915. The molecule has 29 heavy (non-hydrogen) atoms. The largest absolute Gasteiger partial charge is 0.478 e. The molecule has 0 fully saturated rings. The second-order valence-corrected chi connectivity index (χ2v) is 7.11. The van der Waals surface area contributed by atoms with Gasteiger partial charge in [-0.25, -0.2) is 9.78 Å². The van der Waals surface area contributed by atoms with Gasteiger partial charge < -0.3 is 9.67 Å². The number of rotatable bonds is 4. The van der Waals surface area contributed by atoms with Gasteiger partial charge in [-0.2, -0.15) is 0 Å². The second-order valence-electron chi connectivity index (χ2n) is 7.11. The molecule has 0 bridgehead atoms. The molecule has 0 saturated heterocycles.